The van der Waals surface area contributed by atoms with Crippen LogP contribution in [0.2, 0.25) is 0 Å². The third-order valence-corrected chi connectivity index (χ3v) is 3.60. The molecule has 0 radical (unpaired) electrons. The van der Waals surface area contributed by atoms with Crippen LogP contribution in [0.4, 0.5) is 5.69 Å². The Hall–Kier alpha value is -2.21. The number of aryl methyl sites for hydroxylation is 1. The first-order valence-electron chi connectivity index (χ1n) is 7.61. The van der Waals surface area contributed by atoms with E-state index >= 15 is 0 Å². The van der Waals surface area contributed by atoms with E-state index in [0.29, 0.717) is 11.3 Å². The van der Waals surface area contributed by atoms with Crippen LogP contribution in [0, 0.1) is 6.92 Å². The van der Waals surface area contributed by atoms with Crippen molar-refractivity contribution in [3.05, 3.63) is 42.0 Å². The van der Waals surface area contributed by atoms with Crippen molar-refractivity contribution in [2.75, 3.05) is 25.0 Å². The highest BCUT2D eigenvalue weighted by molar-refractivity contribution is 6.03. The van der Waals surface area contributed by atoms with Gasteiger partial charge in [-0.15, -0.1) is 0 Å². The minimum Gasteiger partial charge on any atom is -0.319 e. The van der Waals surface area contributed by atoms with Gasteiger partial charge in [-0.3, -0.25) is 14.5 Å². The number of aromatic nitrogens is 3. The smallest absolute Gasteiger partial charge is 0.257 e. The van der Waals surface area contributed by atoms with Gasteiger partial charge in [0.2, 0.25) is 0 Å². The summed E-state index contributed by atoms with van der Waals surface area (Å²) in [6, 6.07) is 3.59. The highest BCUT2D eigenvalue weighted by atomic mass is 16.1. The zero-order valence-corrected chi connectivity index (χ0v) is 13.4. The zero-order chi connectivity index (χ0) is 15.9. The normalized spacial score (nSPS) is 10.9. The minimum absolute atomic E-state index is 0.171. The van der Waals surface area contributed by atoms with Gasteiger partial charge in [0.05, 0.1) is 24.0 Å². The van der Waals surface area contributed by atoms with Crippen molar-refractivity contribution in [2.24, 2.45) is 0 Å². The Kier molecular flexibility index (Phi) is 5.66. The van der Waals surface area contributed by atoms with Gasteiger partial charge in [-0.25, -0.2) is 0 Å². The number of pyridine rings is 1. The highest BCUT2D eigenvalue weighted by Gasteiger charge is 2.08. The largest absolute Gasteiger partial charge is 0.319 e. The first kappa shape index (κ1) is 16.2. The first-order chi connectivity index (χ1) is 10.6. The number of carbonyl (C=O) groups excluding carboxylic acids is 1. The van der Waals surface area contributed by atoms with Gasteiger partial charge < -0.3 is 10.2 Å². The molecule has 2 rings (SSSR count). The molecule has 0 bridgehead atoms. The molecule has 0 unspecified atom stereocenters. The quantitative estimate of drug-likeness (QED) is 0.851. The number of likely N-dealkylation sites (N-methyl/N-ethyl adjacent to an activating group) is 1. The fourth-order valence-corrected chi connectivity index (χ4v) is 2.14. The van der Waals surface area contributed by atoms with Crippen molar-refractivity contribution in [3.8, 4) is 0 Å². The van der Waals surface area contributed by atoms with Gasteiger partial charge in [0.15, 0.2) is 0 Å². The standard InChI is InChI=1S/C16H23N5O/c1-4-20(5-2)8-9-21-12-15(11-18-21)19-16(22)14-7-6-13(3)17-10-14/h6-7,10-12H,4-5,8-9H2,1-3H3,(H,19,22). The van der Waals surface area contributed by atoms with Crippen LogP contribution in [-0.4, -0.2) is 45.2 Å². The van der Waals surface area contributed by atoms with Crippen LogP contribution in [0.3, 0.4) is 0 Å². The van der Waals surface area contributed by atoms with Crippen LogP contribution < -0.4 is 5.32 Å². The van der Waals surface area contributed by atoms with E-state index in [1.807, 2.05) is 23.9 Å². The molecular formula is C16H23N5O. The Morgan fingerprint density at radius 2 is 2.05 bits per heavy atom. The third kappa shape index (κ3) is 4.39. The molecule has 6 nitrogen and oxygen atoms in total. The van der Waals surface area contributed by atoms with Crippen LogP contribution >= 0.6 is 0 Å². The Balaban J connectivity index is 1.91. The van der Waals surface area contributed by atoms with Crippen LogP contribution in [0.1, 0.15) is 29.9 Å². The second-order valence-corrected chi connectivity index (χ2v) is 5.16. The molecule has 0 aliphatic rings. The Morgan fingerprint density at radius 1 is 1.27 bits per heavy atom. The van der Waals surface area contributed by atoms with E-state index in [0.717, 1.165) is 31.9 Å². The molecule has 22 heavy (non-hydrogen) atoms. The Morgan fingerprint density at radius 3 is 2.68 bits per heavy atom. The van der Waals surface area contributed by atoms with Crippen molar-refractivity contribution >= 4 is 11.6 Å². The summed E-state index contributed by atoms with van der Waals surface area (Å²) >= 11 is 0. The molecule has 1 amide bonds. The molecule has 0 aliphatic carbocycles. The summed E-state index contributed by atoms with van der Waals surface area (Å²) in [6.07, 6.45) is 5.10. The molecule has 2 aromatic heterocycles. The summed E-state index contributed by atoms with van der Waals surface area (Å²) in [7, 11) is 0. The maximum atomic E-state index is 12.1. The number of hydrogen-bond acceptors (Lipinski definition) is 4. The molecule has 0 aromatic carbocycles. The fraction of sp³-hybridized carbons (Fsp3) is 0.438. The summed E-state index contributed by atoms with van der Waals surface area (Å²) in [5.41, 5.74) is 2.13. The van der Waals surface area contributed by atoms with Gasteiger partial charge >= 0.3 is 0 Å². The first-order valence-corrected chi connectivity index (χ1v) is 7.61. The molecule has 6 heteroatoms. The monoisotopic (exact) mass is 301 g/mol. The maximum absolute atomic E-state index is 12.1. The summed E-state index contributed by atoms with van der Waals surface area (Å²) in [5, 5.41) is 7.12. The van der Waals surface area contributed by atoms with Gasteiger partial charge in [-0.05, 0) is 32.1 Å². The molecule has 2 heterocycles. The molecule has 0 atom stereocenters. The van der Waals surface area contributed by atoms with Crippen molar-refractivity contribution < 1.29 is 4.79 Å². The van der Waals surface area contributed by atoms with Crippen LogP contribution in [-0.2, 0) is 6.54 Å². The van der Waals surface area contributed by atoms with Gasteiger partial charge in [0.25, 0.3) is 5.91 Å². The van der Waals surface area contributed by atoms with Crippen LogP contribution in [0.25, 0.3) is 0 Å². The van der Waals surface area contributed by atoms with Gasteiger partial charge in [-0.2, -0.15) is 5.10 Å². The lowest BCUT2D eigenvalue weighted by Gasteiger charge is -2.17. The van der Waals surface area contributed by atoms with Gasteiger partial charge in [-0.1, -0.05) is 13.8 Å². The highest BCUT2D eigenvalue weighted by Crippen LogP contribution is 2.08. The average Bonchev–Trinajstić information content (AvgIpc) is 2.96. The van der Waals surface area contributed by atoms with E-state index in [9.17, 15) is 4.79 Å². The number of nitrogens with one attached hydrogen (secondary N) is 1. The molecule has 1 N–H and O–H groups in total. The molecule has 0 spiro atoms. The number of rotatable bonds is 7. The molecule has 118 valence electrons. The van der Waals surface area contributed by atoms with Crippen molar-refractivity contribution in [2.45, 2.75) is 27.3 Å². The summed E-state index contributed by atoms with van der Waals surface area (Å²) < 4.78 is 1.85. The van der Waals surface area contributed by atoms with E-state index in [2.05, 4.69) is 34.1 Å². The van der Waals surface area contributed by atoms with E-state index in [4.69, 9.17) is 0 Å². The second kappa shape index (κ2) is 7.70. The molecule has 2 aromatic rings. The molecule has 0 saturated carbocycles. The predicted molar refractivity (Wildman–Crippen MR) is 86.9 cm³/mol. The maximum Gasteiger partial charge on any atom is 0.257 e. The van der Waals surface area contributed by atoms with E-state index in [-0.39, 0.29) is 5.91 Å². The van der Waals surface area contributed by atoms with E-state index in [1.54, 1.807) is 18.5 Å². The SMILES string of the molecule is CCN(CC)CCn1cc(NC(=O)c2ccc(C)nc2)cn1. The minimum atomic E-state index is -0.171. The Labute approximate surface area is 131 Å². The van der Waals surface area contributed by atoms with Crippen LogP contribution in [0.5, 0.6) is 0 Å². The number of nitrogens with zero attached hydrogens (tertiary/aromatic N) is 4. The summed E-state index contributed by atoms with van der Waals surface area (Å²) in [5.74, 6) is -0.171. The summed E-state index contributed by atoms with van der Waals surface area (Å²) in [4.78, 5) is 18.6. The van der Waals surface area contributed by atoms with Gasteiger partial charge in [0.1, 0.15) is 0 Å². The lowest BCUT2D eigenvalue weighted by atomic mass is 10.2. The van der Waals surface area contributed by atoms with E-state index < -0.39 is 0 Å². The molecule has 0 saturated heterocycles. The molecule has 0 aliphatic heterocycles. The molecular weight excluding hydrogens is 278 g/mol. The molecule has 0 fully saturated rings. The van der Waals surface area contributed by atoms with Crippen molar-refractivity contribution in [1.82, 2.24) is 19.7 Å². The number of anilines is 1. The number of amides is 1. The zero-order valence-electron chi connectivity index (χ0n) is 13.4. The van der Waals surface area contributed by atoms with Gasteiger partial charge in [0, 0.05) is 24.6 Å². The Bertz CT molecular complexity index is 601. The van der Waals surface area contributed by atoms with E-state index in [1.165, 1.54) is 0 Å². The lowest BCUT2D eigenvalue weighted by Crippen LogP contribution is -2.27. The van der Waals surface area contributed by atoms with Crippen molar-refractivity contribution in [3.63, 3.8) is 0 Å². The van der Waals surface area contributed by atoms with Crippen molar-refractivity contribution in [1.29, 1.82) is 0 Å². The average molecular weight is 301 g/mol. The predicted octanol–water partition coefficient (Wildman–Crippen LogP) is 2.18. The summed E-state index contributed by atoms with van der Waals surface area (Å²) in [6.45, 7) is 10.0. The third-order valence-electron chi connectivity index (χ3n) is 3.60. The fourth-order valence-electron chi connectivity index (χ4n) is 2.14. The number of carbonyl (C=O) groups is 1. The van der Waals surface area contributed by atoms with Crippen LogP contribution in [0.15, 0.2) is 30.7 Å². The second-order valence-electron chi connectivity index (χ2n) is 5.16. The topological polar surface area (TPSA) is 63.0 Å². The number of hydrogen-bond donors (Lipinski definition) is 1. The lowest BCUT2D eigenvalue weighted by molar-refractivity contribution is 0.102.